The van der Waals surface area contributed by atoms with Crippen molar-refractivity contribution in [1.29, 1.82) is 0 Å². The van der Waals surface area contributed by atoms with Crippen LogP contribution < -0.4 is 4.90 Å². The molecule has 0 amide bonds. The van der Waals surface area contributed by atoms with E-state index in [-0.39, 0.29) is 0 Å². The van der Waals surface area contributed by atoms with E-state index >= 15 is 0 Å². The molecule has 1 aliphatic rings. The lowest BCUT2D eigenvalue weighted by atomic mass is 9.70. The summed E-state index contributed by atoms with van der Waals surface area (Å²) < 4.78 is 0. The van der Waals surface area contributed by atoms with E-state index in [2.05, 4.69) is 58.9 Å². The third kappa shape index (κ3) is 2.85. The Bertz CT molecular complexity index is 365. The van der Waals surface area contributed by atoms with Crippen molar-refractivity contribution in [3.63, 3.8) is 0 Å². The van der Waals surface area contributed by atoms with E-state index in [9.17, 15) is 0 Å². The number of halogens is 1. The van der Waals surface area contributed by atoms with Crippen molar-refractivity contribution >= 4 is 21.6 Å². The van der Waals surface area contributed by atoms with Crippen LogP contribution in [0.1, 0.15) is 31.7 Å². The van der Waals surface area contributed by atoms with Gasteiger partial charge < -0.3 is 4.90 Å². The van der Waals surface area contributed by atoms with Crippen LogP contribution in [0.25, 0.3) is 0 Å². The van der Waals surface area contributed by atoms with Crippen LogP contribution in [0.2, 0.25) is 0 Å². The summed E-state index contributed by atoms with van der Waals surface area (Å²) in [5, 5.41) is 1.14. The average Bonchev–Trinajstić information content (AvgIpc) is 2.29. The second kappa shape index (κ2) is 5.43. The summed E-state index contributed by atoms with van der Waals surface area (Å²) in [6.07, 6.45) is 4.15. The van der Waals surface area contributed by atoms with Crippen molar-refractivity contribution in [3.8, 4) is 0 Å². The normalized spacial score (nSPS) is 17.6. The third-order valence-electron chi connectivity index (χ3n) is 3.97. The van der Waals surface area contributed by atoms with Gasteiger partial charge in [0.05, 0.1) is 0 Å². The molecule has 0 saturated heterocycles. The Morgan fingerprint density at radius 1 is 1.35 bits per heavy atom. The first-order valence-electron chi connectivity index (χ1n) is 6.57. The Kier molecular flexibility index (Phi) is 4.13. The van der Waals surface area contributed by atoms with Crippen LogP contribution in [0.5, 0.6) is 0 Å². The van der Waals surface area contributed by atoms with E-state index in [0.29, 0.717) is 5.41 Å². The fraction of sp³-hybridized carbons (Fsp3) is 0.600. The second-order valence-electron chi connectivity index (χ2n) is 5.34. The molecule has 2 rings (SSSR count). The van der Waals surface area contributed by atoms with Gasteiger partial charge in [0.2, 0.25) is 0 Å². The quantitative estimate of drug-likeness (QED) is 0.729. The molecule has 1 aliphatic carbocycles. The average molecular weight is 296 g/mol. The molecule has 0 radical (unpaired) electrons. The zero-order valence-electron chi connectivity index (χ0n) is 10.9. The largest absolute Gasteiger partial charge is 0.371 e. The van der Waals surface area contributed by atoms with Gasteiger partial charge in [0.25, 0.3) is 0 Å². The van der Waals surface area contributed by atoms with Gasteiger partial charge in [-0.2, -0.15) is 0 Å². The number of anilines is 1. The summed E-state index contributed by atoms with van der Waals surface area (Å²) in [6, 6.07) is 8.86. The van der Waals surface area contributed by atoms with Crippen LogP contribution in [0, 0.1) is 12.3 Å². The summed E-state index contributed by atoms with van der Waals surface area (Å²) in [4.78, 5) is 2.52. The first-order valence-corrected chi connectivity index (χ1v) is 7.69. The minimum atomic E-state index is 0.528. The maximum atomic E-state index is 3.70. The topological polar surface area (TPSA) is 3.24 Å². The van der Waals surface area contributed by atoms with Gasteiger partial charge >= 0.3 is 0 Å². The molecule has 0 aliphatic heterocycles. The Balaban J connectivity index is 2.11. The number of alkyl halides is 1. The summed E-state index contributed by atoms with van der Waals surface area (Å²) >= 11 is 3.70. The van der Waals surface area contributed by atoms with Crippen LogP contribution in [0.3, 0.4) is 0 Å². The van der Waals surface area contributed by atoms with Gasteiger partial charge in [0.15, 0.2) is 0 Å². The first kappa shape index (κ1) is 12.9. The van der Waals surface area contributed by atoms with Gasteiger partial charge in [0, 0.05) is 24.1 Å². The summed E-state index contributed by atoms with van der Waals surface area (Å²) in [7, 11) is 0. The minimum absolute atomic E-state index is 0.528. The molecule has 0 unspecified atom stereocenters. The Labute approximate surface area is 113 Å². The van der Waals surface area contributed by atoms with Crippen LogP contribution in [-0.4, -0.2) is 18.4 Å². The molecule has 0 spiro atoms. The molecule has 0 heterocycles. The number of benzene rings is 1. The van der Waals surface area contributed by atoms with Crippen molar-refractivity contribution in [1.82, 2.24) is 0 Å². The smallest absolute Gasteiger partial charge is 0.0368 e. The van der Waals surface area contributed by atoms with Crippen molar-refractivity contribution in [2.75, 3.05) is 23.3 Å². The Morgan fingerprint density at radius 2 is 2.12 bits per heavy atom. The number of aryl methyl sites for hydroxylation is 1. The molecule has 17 heavy (non-hydrogen) atoms. The molecular weight excluding hydrogens is 274 g/mol. The van der Waals surface area contributed by atoms with E-state index in [0.717, 1.165) is 11.9 Å². The number of hydrogen-bond acceptors (Lipinski definition) is 1. The monoisotopic (exact) mass is 295 g/mol. The van der Waals surface area contributed by atoms with E-state index < -0.39 is 0 Å². The van der Waals surface area contributed by atoms with Crippen LogP contribution >= 0.6 is 15.9 Å². The minimum Gasteiger partial charge on any atom is -0.371 e. The summed E-state index contributed by atoms with van der Waals surface area (Å²) in [5.41, 5.74) is 3.25. The van der Waals surface area contributed by atoms with Crippen molar-refractivity contribution in [3.05, 3.63) is 29.8 Å². The maximum Gasteiger partial charge on any atom is 0.0368 e. The molecule has 1 aromatic rings. The standard InChI is InChI=1S/C15H22BrN/c1-3-17(12-15(11-16)8-5-9-15)14-7-4-6-13(2)10-14/h4,6-7,10H,3,5,8-9,11-12H2,1-2H3. The van der Waals surface area contributed by atoms with Gasteiger partial charge in [-0.05, 0) is 49.8 Å². The van der Waals surface area contributed by atoms with Crippen LogP contribution in [0.15, 0.2) is 24.3 Å². The summed E-state index contributed by atoms with van der Waals surface area (Å²) in [5.74, 6) is 0. The number of nitrogens with zero attached hydrogens (tertiary/aromatic N) is 1. The Hall–Kier alpha value is -0.500. The van der Waals surface area contributed by atoms with Gasteiger partial charge in [-0.25, -0.2) is 0 Å². The molecule has 1 saturated carbocycles. The fourth-order valence-corrected chi connectivity index (χ4v) is 3.36. The lowest BCUT2D eigenvalue weighted by Crippen LogP contribution is -2.43. The Morgan fingerprint density at radius 3 is 2.59 bits per heavy atom. The van der Waals surface area contributed by atoms with E-state index in [1.165, 1.54) is 37.1 Å². The lowest BCUT2D eigenvalue weighted by Gasteiger charge is -2.44. The van der Waals surface area contributed by atoms with Gasteiger partial charge in [-0.3, -0.25) is 0 Å². The third-order valence-corrected chi connectivity index (χ3v) is 5.16. The molecule has 0 bridgehead atoms. The number of hydrogen-bond donors (Lipinski definition) is 0. The predicted octanol–water partition coefficient (Wildman–Crippen LogP) is 4.39. The summed E-state index contributed by atoms with van der Waals surface area (Å²) in [6.45, 7) is 6.71. The highest BCUT2D eigenvalue weighted by atomic mass is 79.9. The molecule has 0 N–H and O–H groups in total. The second-order valence-corrected chi connectivity index (χ2v) is 5.90. The van der Waals surface area contributed by atoms with Gasteiger partial charge in [-0.1, -0.05) is 34.5 Å². The van der Waals surface area contributed by atoms with Crippen LogP contribution in [-0.2, 0) is 0 Å². The van der Waals surface area contributed by atoms with E-state index in [4.69, 9.17) is 0 Å². The molecule has 1 aromatic carbocycles. The van der Waals surface area contributed by atoms with Crippen molar-refractivity contribution < 1.29 is 0 Å². The zero-order valence-corrected chi connectivity index (χ0v) is 12.5. The highest BCUT2D eigenvalue weighted by Crippen LogP contribution is 2.43. The molecule has 0 atom stereocenters. The molecule has 1 fully saturated rings. The van der Waals surface area contributed by atoms with Gasteiger partial charge in [-0.15, -0.1) is 0 Å². The molecule has 1 nitrogen and oxygen atoms in total. The van der Waals surface area contributed by atoms with Gasteiger partial charge in [0.1, 0.15) is 0 Å². The SMILES string of the molecule is CCN(CC1(CBr)CCC1)c1cccc(C)c1. The molecule has 0 aromatic heterocycles. The van der Waals surface area contributed by atoms with Crippen molar-refractivity contribution in [2.45, 2.75) is 33.1 Å². The maximum absolute atomic E-state index is 3.70. The van der Waals surface area contributed by atoms with E-state index in [1.54, 1.807) is 0 Å². The fourth-order valence-electron chi connectivity index (χ4n) is 2.63. The predicted molar refractivity (Wildman–Crippen MR) is 79.1 cm³/mol. The number of rotatable bonds is 5. The highest BCUT2D eigenvalue weighted by molar-refractivity contribution is 9.09. The highest BCUT2D eigenvalue weighted by Gasteiger charge is 2.37. The lowest BCUT2D eigenvalue weighted by molar-refractivity contribution is 0.177. The first-order chi connectivity index (χ1) is 8.19. The van der Waals surface area contributed by atoms with Crippen molar-refractivity contribution in [2.24, 2.45) is 5.41 Å². The zero-order chi connectivity index (χ0) is 12.3. The van der Waals surface area contributed by atoms with Crippen LogP contribution in [0.4, 0.5) is 5.69 Å². The molecule has 2 heteroatoms. The molecular formula is C15H22BrN. The molecule has 94 valence electrons. The van der Waals surface area contributed by atoms with E-state index in [1.807, 2.05) is 0 Å².